The van der Waals surface area contributed by atoms with Crippen LogP contribution in [0.1, 0.15) is 41.0 Å². The first kappa shape index (κ1) is 23.1. The summed E-state index contributed by atoms with van der Waals surface area (Å²) in [5, 5.41) is 3.01. The highest BCUT2D eigenvalue weighted by atomic mass is 79.9. The molecule has 0 aliphatic heterocycles. The summed E-state index contributed by atoms with van der Waals surface area (Å²) in [6, 6.07) is 23.8. The van der Waals surface area contributed by atoms with Crippen LogP contribution >= 0.6 is 15.9 Å². The Balaban J connectivity index is 1.34. The van der Waals surface area contributed by atoms with Crippen molar-refractivity contribution in [2.45, 2.75) is 32.2 Å². The molecule has 1 aromatic heterocycles. The molecule has 0 fully saturated rings. The number of benzene rings is 3. The van der Waals surface area contributed by atoms with Crippen molar-refractivity contribution in [1.82, 2.24) is 14.9 Å². The zero-order chi connectivity index (χ0) is 23.0. The van der Waals surface area contributed by atoms with Gasteiger partial charge in [-0.05, 0) is 55.3 Å². The van der Waals surface area contributed by atoms with E-state index in [2.05, 4.69) is 50.1 Å². The van der Waals surface area contributed by atoms with E-state index in [0.717, 1.165) is 64.9 Å². The number of unbranched alkanes of at least 4 members (excludes halogenated alkanes) is 2. The Hall–Kier alpha value is -3.12. The normalized spacial score (nSPS) is 11.0. The summed E-state index contributed by atoms with van der Waals surface area (Å²) in [5.74, 6) is 1.95. The van der Waals surface area contributed by atoms with Gasteiger partial charge in [0.05, 0.1) is 24.7 Å². The first-order valence-electron chi connectivity index (χ1n) is 11.3. The van der Waals surface area contributed by atoms with Crippen LogP contribution in [-0.2, 0) is 13.0 Å². The van der Waals surface area contributed by atoms with Gasteiger partial charge < -0.3 is 14.6 Å². The quantitative estimate of drug-likeness (QED) is 0.269. The fourth-order valence-corrected chi connectivity index (χ4v) is 4.25. The maximum absolute atomic E-state index is 12.2. The minimum atomic E-state index is -0.0268. The molecule has 0 radical (unpaired) electrons. The van der Waals surface area contributed by atoms with Crippen molar-refractivity contribution in [3.63, 3.8) is 0 Å². The maximum Gasteiger partial charge on any atom is 0.251 e. The van der Waals surface area contributed by atoms with Gasteiger partial charge in [-0.25, -0.2) is 4.98 Å². The van der Waals surface area contributed by atoms with Crippen LogP contribution in [0, 0.1) is 0 Å². The molecule has 0 aliphatic rings. The van der Waals surface area contributed by atoms with E-state index < -0.39 is 0 Å². The zero-order valence-corrected chi connectivity index (χ0v) is 20.3. The number of aryl methyl sites for hydroxylation is 1. The predicted molar refractivity (Wildman–Crippen MR) is 136 cm³/mol. The van der Waals surface area contributed by atoms with Crippen molar-refractivity contribution < 1.29 is 9.53 Å². The summed E-state index contributed by atoms with van der Waals surface area (Å²) in [4.78, 5) is 17.1. The first-order chi connectivity index (χ1) is 16.2. The third-order valence-corrected chi connectivity index (χ3v) is 6.25. The number of nitrogens with zero attached hydrogens (tertiary/aromatic N) is 2. The van der Waals surface area contributed by atoms with E-state index in [1.165, 1.54) is 0 Å². The molecule has 0 spiro atoms. The van der Waals surface area contributed by atoms with Crippen molar-refractivity contribution in [1.29, 1.82) is 0 Å². The number of fused-ring (bicyclic) bond motifs is 1. The lowest BCUT2D eigenvalue weighted by molar-refractivity contribution is 0.0953. The molecule has 1 N–H and O–H groups in total. The summed E-state index contributed by atoms with van der Waals surface area (Å²) < 4.78 is 8.82. The molecule has 33 heavy (non-hydrogen) atoms. The molecule has 0 atom stereocenters. The van der Waals surface area contributed by atoms with Crippen molar-refractivity contribution in [3.8, 4) is 5.75 Å². The smallest absolute Gasteiger partial charge is 0.251 e. The SMILES string of the molecule is COc1ccccc1Cn1c(CCCCCNC(=O)c2ccc(Br)cc2)nc2ccccc21. The van der Waals surface area contributed by atoms with Crippen LogP contribution in [0.3, 0.4) is 0 Å². The third-order valence-electron chi connectivity index (χ3n) is 5.72. The number of carbonyl (C=O) groups is 1. The van der Waals surface area contributed by atoms with Gasteiger partial charge in [-0.3, -0.25) is 4.79 Å². The molecule has 1 amide bonds. The molecule has 0 saturated heterocycles. The topological polar surface area (TPSA) is 56.1 Å². The number of aromatic nitrogens is 2. The average Bonchev–Trinajstić information content (AvgIpc) is 3.19. The number of methoxy groups -OCH3 is 1. The fraction of sp³-hybridized carbons (Fsp3) is 0.259. The molecule has 5 nitrogen and oxygen atoms in total. The van der Waals surface area contributed by atoms with Gasteiger partial charge in [0.15, 0.2) is 0 Å². The van der Waals surface area contributed by atoms with Gasteiger partial charge in [0.2, 0.25) is 0 Å². The van der Waals surface area contributed by atoms with Gasteiger partial charge in [-0.2, -0.15) is 0 Å². The van der Waals surface area contributed by atoms with Gasteiger partial charge in [-0.1, -0.05) is 52.7 Å². The molecule has 4 aromatic rings. The molecular weight excluding hydrogens is 478 g/mol. The molecule has 0 bridgehead atoms. The lowest BCUT2D eigenvalue weighted by Gasteiger charge is -2.12. The van der Waals surface area contributed by atoms with Crippen LogP contribution in [-0.4, -0.2) is 29.1 Å². The monoisotopic (exact) mass is 505 g/mol. The number of hydrogen-bond donors (Lipinski definition) is 1. The predicted octanol–water partition coefficient (Wildman–Crippen LogP) is 6.00. The second-order valence-electron chi connectivity index (χ2n) is 7.99. The number of carbonyl (C=O) groups excluding carboxylic acids is 1. The fourth-order valence-electron chi connectivity index (χ4n) is 3.99. The van der Waals surface area contributed by atoms with Crippen molar-refractivity contribution in [3.05, 3.63) is 94.2 Å². The van der Waals surface area contributed by atoms with E-state index in [9.17, 15) is 4.79 Å². The summed E-state index contributed by atoms with van der Waals surface area (Å²) in [6.45, 7) is 1.40. The minimum absolute atomic E-state index is 0.0268. The van der Waals surface area contributed by atoms with Crippen molar-refractivity contribution in [2.75, 3.05) is 13.7 Å². The van der Waals surface area contributed by atoms with Gasteiger partial charge in [-0.15, -0.1) is 0 Å². The Labute approximate surface area is 202 Å². The standard InChI is InChI=1S/C27H28BrN3O2/c1-33-25-12-7-4-9-21(25)19-31-24-11-6-5-10-23(24)30-26(31)13-3-2-8-18-29-27(32)20-14-16-22(28)17-15-20/h4-7,9-12,14-17H,2-3,8,13,18-19H2,1H3,(H,29,32). The van der Waals surface area contributed by atoms with Crippen molar-refractivity contribution in [2.24, 2.45) is 0 Å². The molecule has 1 heterocycles. The average molecular weight is 506 g/mol. The van der Waals surface area contributed by atoms with E-state index >= 15 is 0 Å². The number of para-hydroxylation sites is 3. The number of amides is 1. The third kappa shape index (κ3) is 5.82. The summed E-state index contributed by atoms with van der Waals surface area (Å²) in [7, 11) is 1.71. The molecular formula is C27H28BrN3O2. The highest BCUT2D eigenvalue weighted by Gasteiger charge is 2.13. The molecule has 6 heteroatoms. The lowest BCUT2D eigenvalue weighted by atomic mass is 10.1. The van der Waals surface area contributed by atoms with Gasteiger partial charge in [0, 0.05) is 28.6 Å². The zero-order valence-electron chi connectivity index (χ0n) is 18.8. The largest absolute Gasteiger partial charge is 0.496 e. The van der Waals surface area contributed by atoms with E-state index in [1.807, 2.05) is 48.5 Å². The second-order valence-corrected chi connectivity index (χ2v) is 8.90. The summed E-state index contributed by atoms with van der Waals surface area (Å²) in [5.41, 5.74) is 3.98. The number of rotatable bonds is 10. The van der Waals surface area contributed by atoms with Gasteiger partial charge in [0.1, 0.15) is 11.6 Å². The minimum Gasteiger partial charge on any atom is -0.496 e. The Morgan fingerprint density at radius 3 is 2.55 bits per heavy atom. The van der Waals surface area contributed by atoms with Crippen molar-refractivity contribution >= 4 is 32.9 Å². The Morgan fingerprint density at radius 2 is 1.73 bits per heavy atom. The van der Waals surface area contributed by atoms with Crippen LogP contribution in [0.15, 0.2) is 77.3 Å². The van der Waals surface area contributed by atoms with Crippen LogP contribution < -0.4 is 10.1 Å². The van der Waals surface area contributed by atoms with E-state index in [1.54, 1.807) is 7.11 Å². The molecule has 3 aromatic carbocycles. The molecule has 4 rings (SSSR count). The first-order valence-corrected chi connectivity index (χ1v) is 12.0. The maximum atomic E-state index is 12.2. The highest BCUT2D eigenvalue weighted by Crippen LogP contribution is 2.24. The van der Waals surface area contributed by atoms with Crippen LogP contribution in [0.4, 0.5) is 0 Å². The van der Waals surface area contributed by atoms with Crippen LogP contribution in [0.25, 0.3) is 11.0 Å². The number of nitrogens with one attached hydrogen (secondary N) is 1. The number of imidazole rings is 1. The van der Waals surface area contributed by atoms with Gasteiger partial charge >= 0.3 is 0 Å². The Morgan fingerprint density at radius 1 is 0.970 bits per heavy atom. The molecule has 0 aliphatic carbocycles. The highest BCUT2D eigenvalue weighted by molar-refractivity contribution is 9.10. The van der Waals surface area contributed by atoms with Gasteiger partial charge in [0.25, 0.3) is 5.91 Å². The van der Waals surface area contributed by atoms with E-state index in [-0.39, 0.29) is 5.91 Å². The van der Waals surface area contributed by atoms with Crippen LogP contribution in [0.5, 0.6) is 5.75 Å². The van der Waals surface area contributed by atoms with Crippen LogP contribution in [0.2, 0.25) is 0 Å². The van der Waals surface area contributed by atoms with E-state index in [0.29, 0.717) is 12.1 Å². The van der Waals surface area contributed by atoms with E-state index in [4.69, 9.17) is 9.72 Å². The molecule has 0 unspecified atom stereocenters. The number of halogens is 1. The number of ether oxygens (including phenoxy) is 1. The lowest BCUT2D eigenvalue weighted by Crippen LogP contribution is -2.24. The second kappa shape index (κ2) is 11.1. The number of hydrogen-bond acceptors (Lipinski definition) is 3. The Kier molecular flexibility index (Phi) is 7.79. The Bertz CT molecular complexity index is 1220. The molecule has 170 valence electrons. The molecule has 0 saturated carbocycles. The summed E-state index contributed by atoms with van der Waals surface area (Å²) >= 11 is 3.39. The summed E-state index contributed by atoms with van der Waals surface area (Å²) in [6.07, 6.45) is 3.88.